The van der Waals surface area contributed by atoms with Crippen LogP contribution in [0, 0.1) is 0 Å². The van der Waals surface area contributed by atoms with Gasteiger partial charge in [-0.15, -0.1) is 0 Å². The summed E-state index contributed by atoms with van der Waals surface area (Å²) in [6, 6.07) is 19.6. The number of benzene rings is 2. The highest BCUT2D eigenvalue weighted by Crippen LogP contribution is 2.24. The molecule has 1 nitrogen and oxygen atoms in total. The summed E-state index contributed by atoms with van der Waals surface area (Å²) in [5.41, 5.74) is 4.38. The van der Waals surface area contributed by atoms with E-state index < -0.39 is 0 Å². The Morgan fingerprint density at radius 1 is 0.824 bits per heavy atom. The maximum Gasteiger partial charge on any atom is 0.0208 e. The van der Waals surface area contributed by atoms with Crippen LogP contribution in [-0.2, 0) is 13.0 Å². The molecule has 0 bridgehead atoms. The maximum absolute atomic E-state index is 3.55. The summed E-state index contributed by atoms with van der Waals surface area (Å²) < 4.78 is 0. The van der Waals surface area contributed by atoms with E-state index in [1.807, 2.05) is 0 Å². The van der Waals surface area contributed by atoms with Crippen LogP contribution in [0.15, 0.2) is 54.6 Å². The molecule has 0 spiro atoms. The van der Waals surface area contributed by atoms with Crippen molar-refractivity contribution in [3.8, 4) is 0 Å². The number of fused-ring (bicyclic) bond motifs is 1. The van der Waals surface area contributed by atoms with Crippen LogP contribution in [0.25, 0.3) is 0 Å². The van der Waals surface area contributed by atoms with Gasteiger partial charge in [-0.2, -0.15) is 0 Å². The molecule has 0 saturated heterocycles. The quantitative estimate of drug-likeness (QED) is 0.783. The summed E-state index contributed by atoms with van der Waals surface area (Å²) in [4.78, 5) is 0. The average Bonchev–Trinajstić information content (AvgIpc) is 2.62. The molecule has 2 aromatic rings. The minimum Gasteiger partial charge on any atom is -0.312 e. The lowest BCUT2D eigenvalue weighted by Gasteiger charge is -2.15. The lowest BCUT2D eigenvalue weighted by Crippen LogP contribution is -2.18. The molecule has 1 heterocycles. The molecule has 3 rings (SSSR count). The van der Waals surface area contributed by atoms with Crippen LogP contribution in [-0.4, -0.2) is 6.54 Å². The van der Waals surface area contributed by atoms with Crippen molar-refractivity contribution in [2.75, 3.05) is 6.54 Å². The minimum absolute atomic E-state index is 0.597. The fourth-order valence-electron chi connectivity index (χ4n) is 2.61. The van der Waals surface area contributed by atoms with Gasteiger partial charge in [-0.3, -0.25) is 0 Å². The molecule has 0 saturated carbocycles. The monoisotopic (exact) mass is 223 g/mol. The smallest absolute Gasteiger partial charge is 0.0208 e. The van der Waals surface area contributed by atoms with Gasteiger partial charge in [0.1, 0.15) is 0 Å². The molecule has 17 heavy (non-hydrogen) atoms. The van der Waals surface area contributed by atoms with E-state index >= 15 is 0 Å². The lowest BCUT2D eigenvalue weighted by atomic mass is 9.91. The third-order valence-corrected chi connectivity index (χ3v) is 3.56. The van der Waals surface area contributed by atoms with E-state index in [2.05, 4.69) is 59.9 Å². The van der Waals surface area contributed by atoms with Gasteiger partial charge in [-0.05, 0) is 23.1 Å². The lowest BCUT2D eigenvalue weighted by molar-refractivity contribution is 0.607. The second-order valence-corrected chi connectivity index (χ2v) is 4.71. The molecule has 0 amide bonds. The van der Waals surface area contributed by atoms with Crippen LogP contribution in [0.4, 0.5) is 0 Å². The number of rotatable bonds is 1. The Morgan fingerprint density at radius 2 is 1.53 bits per heavy atom. The van der Waals surface area contributed by atoms with Gasteiger partial charge in [-0.25, -0.2) is 0 Å². The van der Waals surface area contributed by atoms with E-state index in [0.29, 0.717) is 5.92 Å². The Kier molecular flexibility index (Phi) is 2.93. The second-order valence-electron chi connectivity index (χ2n) is 4.71. The highest BCUT2D eigenvalue weighted by Gasteiger charge is 2.17. The molecular weight excluding hydrogens is 206 g/mol. The van der Waals surface area contributed by atoms with Gasteiger partial charge in [0.05, 0.1) is 0 Å². The van der Waals surface area contributed by atoms with Gasteiger partial charge in [0, 0.05) is 19.0 Å². The van der Waals surface area contributed by atoms with Gasteiger partial charge in [0.2, 0.25) is 0 Å². The highest BCUT2D eigenvalue weighted by atomic mass is 14.9. The first kappa shape index (κ1) is 10.5. The average molecular weight is 223 g/mol. The molecular formula is C16H17N. The Bertz CT molecular complexity index is 490. The molecule has 1 N–H and O–H groups in total. The zero-order valence-corrected chi connectivity index (χ0v) is 9.89. The summed E-state index contributed by atoms with van der Waals surface area (Å²) in [5, 5.41) is 3.55. The first-order valence-electron chi connectivity index (χ1n) is 6.26. The van der Waals surface area contributed by atoms with E-state index in [9.17, 15) is 0 Å². The van der Waals surface area contributed by atoms with Crippen LogP contribution in [0.2, 0.25) is 0 Å². The van der Waals surface area contributed by atoms with E-state index in [4.69, 9.17) is 0 Å². The van der Waals surface area contributed by atoms with Crippen molar-refractivity contribution >= 4 is 0 Å². The second kappa shape index (κ2) is 4.72. The molecule has 0 radical (unpaired) electrons. The van der Waals surface area contributed by atoms with Crippen molar-refractivity contribution in [3.63, 3.8) is 0 Å². The topological polar surface area (TPSA) is 12.0 Å². The van der Waals surface area contributed by atoms with Crippen LogP contribution in [0.3, 0.4) is 0 Å². The van der Waals surface area contributed by atoms with Crippen LogP contribution in [0.1, 0.15) is 22.6 Å². The third-order valence-electron chi connectivity index (χ3n) is 3.56. The Labute approximate surface area is 102 Å². The molecule has 86 valence electrons. The first-order chi connectivity index (χ1) is 8.43. The van der Waals surface area contributed by atoms with Gasteiger partial charge < -0.3 is 5.32 Å². The van der Waals surface area contributed by atoms with Crippen molar-refractivity contribution in [1.29, 1.82) is 0 Å². The third kappa shape index (κ3) is 2.25. The number of nitrogens with one attached hydrogen (secondary N) is 1. The molecule has 2 aromatic carbocycles. The SMILES string of the molecule is c1ccc([C@H]2CNCc3ccccc3C2)cc1. The summed E-state index contributed by atoms with van der Waals surface area (Å²) in [7, 11) is 0. The fourth-order valence-corrected chi connectivity index (χ4v) is 2.61. The van der Waals surface area contributed by atoms with E-state index in [1.165, 1.54) is 16.7 Å². The van der Waals surface area contributed by atoms with Crippen molar-refractivity contribution in [3.05, 3.63) is 71.3 Å². The van der Waals surface area contributed by atoms with Gasteiger partial charge in [-0.1, -0.05) is 54.6 Å². The summed E-state index contributed by atoms with van der Waals surface area (Å²) in [5.74, 6) is 0.597. The highest BCUT2D eigenvalue weighted by molar-refractivity contribution is 5.32. The zero-order chi connectivity index (χ0) is 11.5. The maximum atomic E-state index is 3.55. The van der Waals surface area contributed by atoms with Crippen LogP contribution in [0.5, 0.6) is 0 Å². The summed E-state index contributed by atoms with van der Waals surface area (Å²) >= 11 is 0. The summed E-state index contributed by atoms with van der Waals surface area (Å²) in [6.07, 6.45) is 1.15. The van der Waals surface area contributed by atoms with Crippen LogP contribution < -0.4 is 5.32 Å². The molecule has 0 unspecified atom stereocenters. The molecule has 0 fully saturated rings. The number of hydrogen-bond donors (Lipinski definition) is 1. The van der Waals surface area contributed by atoms with Crippen molar-refractivity contribution in [2.24, 2.45) is 0 Å². The van der Waals surface area contributed by atoms with Crippen molar-refractivity contribution in [2.45, 2.75) is 18.9 Å². The minimum atomic E-state index is 0.597. The Morgan fingerprint density at radius 3 is 2.35 bits per heavy atom. The van der Waals surface area contributed by atoms with Gasteiger partial charge >= 0.3 is 0 Å². The fraction of sp³-hybridized carbons (Fsp3) is 0.250. The Balaban J connectivity index is 1.91. The molecule has 1 heteroatoms. The van der Waals surface area contributed by atoms with Crippen LogP contribution >= 0.6 is 0 Å². The normalized spacial score (nSPS) is 19.4. The predicted octanol–water partition coefficient (Wildman–Crippen LogP) is 3.12. The molecule has 1 aliphatic heterocycles. The van der Waals surface area contributed by atoms with E-state index in [0.717, 1.165) is 19.5 Å². The number of hydrogen-bond acceptors (Lipinski definition) is 1. The largest absolute Gasteiger partial charge is 0.312 e. The van der Waals surface area contributed by atoms with Crippen molar-refractivity contribution in [1.82, 2.24) is 5.32 Å². The molecule has 0 aromatic heterocycles. The predicted molar refractivity (Wildman–Crippen MR) is 71.0 cm³/mol. The van der Waals surface area contributed by atoms with E-state index in [-0.39, 0.29) is 0 Å². The Hall–Kier alpha value is -1.60. The van der Waals surface area contributed by atoms with E-state index in [1.54, 1.807) is 0 Å². The zero-order valence-electron chi connectivity index (χ0n) is 9.89. The first-order valence-corrected chi connectivity index (χ1v) is 6.26. The van der Waals surface area contributed by atoms with Crippen molar-refractivity contribution < 1.29 is 0 Å². The summed E-state index contributed by atoms with van der Waals surface area (Å²) in [6.45, 7) is 2.07. The van der Waals surface area contributed by atoms with Gasteiger partial charge in [0.15, 0.2) is 0 Å². The standard InChI is InChI=1S/C16H17N/c1-2-6-13(7-3-1)16-10-14-8-4-5-9-15(14)11-17-12-16/h1-9,16-17H,10-12H2/t16-/m1/s1. The molecule has 1 aliphatic rings. The molecule has 1 atom stereocenters. The van der Waals surface area contributed by atoms with Gasteiger partial charge in [0.25, 0.3) is 0 Å². The molecule has 0 aliphatic carbocycles.